The Morgan fingerprint density at radius 3 is 2.43 bits per heavy atom. The maximum atomic E-state index is 14.1. The molecule has 2 aromatic heterocycles. The zero-order valence-corrected chi connectivity index (χ0v) is 24.4. The first-order chi connectivity index (χ1) is 20.2. The SMILES string of the molecule is CCCCc1nc(C)c(-c2ccc3c(c2)CC(C)(C)O3)c(=O)n1Cc1ccc(-c2ccccc2-c2noc(=O)[nH]2)cc1. The Kier molecular flexibility index (Phi) is 7.14. The van der Waals surface area contributed by atoms with E-state index in [1.165, 1.54) is 0 Å². The summed E-state index contributed by atoms with van der Waals surface area (Å²) in [7, 11) is 0. The summed E-state index contributed by atoms with van der Waals surface area (Å²) in [4.78, 5) is 33.3. The maximum Gasteiger partial charge on any atom is 0.439 e. The lowest BCUT2D eigenvalue weighted by Gasteiger charge is -2.17. The number of aryl methyl sites for hydroxylation is 2. The molecule has 0 amide bonds. The van der Waals surface area contributed by atoms with Gasteiger partial charge >= 0.3 is 5.76 Å². The van der Waals surface area contributed by atoms with E-state index >= 15 is 0 Å². The van der Waals surface area contributed by atoms with Crippen LogP contribution in [0.1, 0.15) is 56.3 Å². The van der Waals surface area contributed by atoms with Crippen LogP contribution >= 0.6 is 0 Å². The van der Waals surface area contributed by atoms with Crippen molar-refractivity contribution >= 4 is 0 Å². The van der Waals surface area contributed by atoms with Crippen LogP contribution in [0.2, 0.25) is 0 Å². The molecule has 0 saturated heterocycles. The number of hydrogen-bond acceptors (Lipinski definition) is 6. The number of H-pyrrole nitrogens is 1. The van der Waals surface area contributed by atoms with Gasteiger partial charge in [0.1, 0.15) is 17.2 Å². The number of hydrogen-bond donors (Lipinski definition) is 1. The lowest BCUT2D eigenvalue weighted by Crippen LogP contribution is -2.28. The molecule has 1 N–H and O–H groups in total. The predicted molar refractivity (Wildman–Crippen MR) is 163 cm³/mol. The average molecular weight is 563 g/mol. The highest BCUT2D eigenvalue weighted by Crippen LogP contribution is 2.37. The van der Waals surface area contributed by atoms with Crippen molar-refractivity contribution in [2.75, 3.05) is 0 Å². The maximum absolute atomic E-state index is 14.1. The number of unbranched alkanes of at least 4 members (excludes halogenated alkanes) is 1. The van der Waals surface area contributed by atoms with Gasteiger partial charge in [-0.15, -0.1) is 0 Å². The van der Waals surface area contributed by atoms with Crippen LogP contribution < -0.4 is 16.1 Å². The summed E-state index contributed by atoms with van der Waals surface area (Å²) in [6.07, 6.45) is 3.51. The normalized spacial score (nSPS) is 13.6. The first kappa shape index (κ1) is 27.4. The molecule has 214 valence electrons. The minimum absolute atomic E-state index is 0.0314. The van der Waals surface area contributed by atoms with Crippen molar-refractivity contribution in [3.63, 3.8) is 0 Å². The second kappa shape index (κ2) is 10.9. The fraction of sp³-hybridized carbons (Fsp3) is 0.294. The lowest BCUT2D eigenvalue weighted by molar-refractivity contribution is 0.138. The Morgan fingerprint density at radius 1 is 0.976 bits per heavy atom. The third kappa shape index (κ3) is 5.32. The minimum atomic E-state index is -0.595. The second-order valence-electron chi connectivity index (χ2n) is 11.5. The Bertz CT molecular complexity index is 1880. The Hall–Kier alpha value is -4.72. The molecule has 3 heterocycles. The summed E-state index contributed by atoms with van der Waals surface area (Å²) in [6.45, 7) is 8.64. The van der Waals surface area contributed by atoms with Gasteiger partial charge in [-0.3, -0.25) is 18.9 Å². The fourth-order valence-electron chi connectivity index (χ4n) is 5.76. The highest BCUT2D eigenvalue weighted by Gasteiger charge is 2.30. The van der Waals surface area contributed by atoms with E-state index in [1.807, 2.05) is 72.2 Å². The van der Waals surface area contributed by atoms with Crippen LogP contribution in [0.15, 0.2) is 80.8 Å². The quantitative estimate of drug-likeness (QED) is 0.237. The van der Waals surface area contributed by atoms with Gasteiger partial charge < -0.3 is 4.74 Å². The number of ether oxygens (including phenoxy) is 1. The van der Waals surface area contributed by atoms with Gasteiger partial charge in [-0.2, -0.15) is 0 Å². The molecule has 0 unspecified atom stereocenters. The molecule has 0 atom stereocenters. The summed E-state index contributed by atoms with van der Waals surface area (Å²) in [5.74, 6) is 1.47. The highest BCUT2D eigenvalue weighted by molar-refractivity contribution is 5.80. The third-order valence-electron chi connectivity index (χ3n) is 7.76. The molecule has 8 nitrogen and oxygen atoms in total. The van der Waals surface area contributed by atoms with Crippen LogP contribution in [-0.2, 0) is 19.4 Å². The Balaban J connectivity index is 1.36. The van der Waals surface area contributed by atoms with Crippen molar-refractivity contribution in [1.29, 1.82) is 0 Å². The zero-order chi connectivity index (χ0) is 29.4. The van der Waals surface area contributed by atoms with Crippen LogP contribution in [0.4, 0.5) is 0 Å². The van der Waals surface area contributed by atoms with Crippen molar-refractivity contribution in [2.45, 2.75) is 65.5 Å². The van der Waals surface area contributed by atoms with Crippen LogP contribution in [0.3, 0.4) is 0 Å². The number of benzene rings is 3. The van der Waals surface area contributed by atoms with E-state index in [4.69, 9.17) is 14.2 Å². The standard InChI is InChI=1S/C34H34N4O4/c1-5-6-11-29-35-21(2)30(24-16-17-28-25(18-24)19-34(3,4)41-28)32(39)38(29)20-22-12-14-23(15-13-22)26-9-7-8-10-27(26)31-36-33(40)42-37-31/h7-10,12-18H,5-6,11,19-20H2,1-4H3,(H,36,37,40). The smallest absolute Gasteiger partial charge is 0.439 e. The van der Waals surface area contributed by atoms with E-state index in [1.54, 1.807) is 0 Å². The fourth-order valence-corrected chi connectivity index (χ4v) is 5.76. The van der Waals surface area contributed by atoms with E-state index in [9.17, 15) is 9.59 Å². The van der Waals surface area contributed by atoms with Gasteiger partial charge in [0.15, 0.2) is 5.82 Å². The highest BCUT2D eigenvalue weighted by atomic mass is 16.5. The molecule has 1 aliphatic rings. The van der Waals surface area contributed by atoms with Crippen molar-refractivity contribution < 1.29 is 9.26 Å². The molecule has 0 radical (unpaired) electrons. The molecular weight excluding hydrogens is 528 g/mol. The Labute approximate surface area is 244 Å². The van der Waals surface area contributed by atoms with Crippen molar-refractivity contribution in [3.05, 3.63) is 110 Å². The molecule has 1 aliphatic heterocycles. The average Bonchev–Trinajstić information content (AvgIpc) is 3.54. The van der Waals surface area contributed by atoms with Crippen LogP contribution in [-0.4, -0.2) is 25.3 Å². The van der Waals surface area contributed by atoms with Crippen molar-refractivity contribution in [2.24, 2.45) is 0 Å². The summed E-state index contributed by atoms with van der Waals surface area (Å²) < 4.78 is 12.6. The van der Waals surface area contributed by atoms with E-state index in [2.05, 4.69) is 37.0 Å². The van der Waals surface area contributed by atoms with E-state index in [0.717, 1.165) is 76.3 Å². The van der Waals surface area contributed by atoms with E-state index in [-0.39, 0.29) is 11.2 Å². The lowest BCUT2D eigenvalue weighted by atomic mass is 9.97. The molecule has 0 fully saturated rings. The molecule has 8 heteroatoms. The summed E-state index contributed by atoms with van der Waals surface area (Å²) in [5.41, 5.74) is 6.72. The van der Waals surface area contributed by atoms with E-state index < -0.39 is 5.76 Å². The van der Waals surface area contributed by atoms with Gasteiger partial charge in [0.2, 0.25) is 0 Å². The van der Waals surface area contributed by atoms with Gasteiger partial charge in [0.25, 0.3) is 5.56 Å². The predicted octanol–water partition coefficient (Wildman–Crippen LogP) is 6.33. The molecule has 0 aliphatic carbocycles. The van der Waals surface area contributed by atoms with Gasteiger partial charge in [0, 0.05) is 18.4 Å². The third-order valence-corrected chi connectivity index (χ3v) is 7.76. The number of nitrogens with zero attached hydrogens (tertiary/aromatic N) is 3. The number of aromatic amines is 1. The van der Waals surface area contributed by atoms with Crippen LogP contribution in [0, 0.1) is 6.92 Å². The van der Waals surface area contributed by atoms with E-state index in [0.29, 0.717) is 17.9 Å². The van der Waals surface area contributed by atoms with Gasteiger partial charge in [-0.25, -0.2) is 9.78 Å². The molecular formula is C34H34N4O4. The molecule has 6 rings (SSSR count). The van der Waals surface area contributed by atoms with Crippen molar-refractivity contribution in [3.8, 4) is 39.4 Å². The van der Waals surface area contributed by atoms with Gasteiger partial charge in [0.05, 0.1) is 17.8 Å². The van der Waals surface area contributed by atoms with Crippen LogP contribution in [0.25, 0.3) is 33.6 Å². The number of nitrogens with one attached hydrogen (secondary N) is 1. The zero-order valence-electron chi connectivity index (χ0n) is 24.4. The molecule has 0 bridgehead atoms. The summed E-state index contributed by atoms with van der Waals surface area (Å²) >= 11 is 0. The minimum Gasteiger partial charge on any atom is -0.487 e. The number of fused-ring (bicyclic) bond motifs is 1. The van der Waals surface area contributed by atoms with Gasteiger partial charge in [-0.1, -0.05) is 73.1 Å². The summed E-state index contributed by atoms with van der Waals surface area (Å²) in [6, 6.07) is 21.8. The summed E-state index contributed by atoms with van der Waals surface area (Å²) in [5, 5.41) is 3.86. The first-order valence-electron chi connectivity index (χ1n) is 14.4. The van der Waals surface area contributed by atoms with Crippen molar-refractivity contribution in [1.82, 2.24) is 19.7 Å². The molecule has 3 aromatic carbocycles. The molecule has 5 aromatic rings. The number of aromatic nitrogens is 4. The first-order valence-corrected chi connectivity index (χ1v) is 14.4. The van der Waals surface area contributed by atoms with Gasteiger partial charge in [-0.05, 0) is 67.1 Å². The molecule has 0 saturated carbocycles. The Morgan fingerprint density at radius 2 is 1.71 bits per heavy atom. The monoisotopic (exact) mass is 562 g/mol. The second-order valence-corrected chi connectivity index (χ2v) is 11.5. The van der Waals surface area contributed by atoms with Crippen LogP contribution in [0.5, 0.6) is 5.75 Å². The molecule has 0 spiro atoms. The number of rotatable bonds is 8. The largest absolute Gasteiger partial charge is 0.487 e. The topological polar surface area (TPSA) is 103 Å². The molecule has 42 heavy (non-hydrogen) atoms.